The number of piperazine rings is 1. The van der Waals surface area contributed by atoms with E-state index in [0.29, 0.717) is 0 Å². The largest absolute Gasteiger partial charge is 0.337 e. The van der Waals surface area contributed by atoms with Gasteiger partial charge in [0.1, 0.15) is 0 Å². The van der Waals surface area contributed by atoms with Crippen molar-refractivity contribution in [3.8, 4) is 11.1 Å². The lowest BCUT2D eigenvalue weighted by atomic mass is 9.97. The summed E-state index contributed by atoms with van der Waals surface area (Å²) in [7, 11) is 1.91. The highest BCUT2D eigenvalue weighted by Crippen LogP contribution is 2.29. The molecule has 1 aliphatic rings. The molecule has 178 valence electrons. The molecule has 1 fully saturated rings. The summed E-state index contributed by atoms with van der Waals surface area (Å²) in [6.07, 6.45) is 9.27. The minimum atomic E-state index is 0.0233. The Balaban J connectivity index is 1.32. The molecule has 0 unspecified atom stereocenters. The van der Waals surface area contributed by atoms with Crippen LogP contribution >= 0.6 is 0 Å². The first-order valence-electron chi connectivity index (χ1n) is 11.9. The standard InChI is InChI=1S/C28H30N6O/c1-4-28(35)34-13-11-33(12-14-34)19-21-5-8-24(20(2)15-21)23-7-10-27-25(16-23)26(30-31-27)9-6-22-17-29-32(3)18-22/h4-10,15-18H,1,11-14,19H2,2-3H3,(H,30,31)/b9-6+. The topological polar surface area (TPSA) is 70.1 Å². The number of rotatable bonds is 6. The Bertz CT molecular complexity index is 1400. The summed E-state index contributed by atoms with van der Waals surface area (Å²) < 4.78 is 1.79. The van der Waals surface area contributed by atoms with Crippen LogP contribution in [-0.2, 0) is 18.4 Å². The monoisotopic (exact) mass is 466 g/mol. The van der Waals surface area contributed by atoms with Crippen LogP contribution in [0.4, 0.5) is 0 Å². The van der Waals surface area contributed by atoms with Gasteiger partial charge < -0.3 is 4.90 Å². The van der Waals surface area contributed by atoms with Crippen molar-refractivity contribution < 1.29 is 4.79 Å². The Morgan fingerprint density at radius 2 is 1.94 bits per heavy atom. The third-order valence-corrected chi connectivity index (χ3v) is 6.62. The van der Waals surface area contributed by atoms with E-state index in [1.807, 2.05) is 36.5 Å². The molecule has 7 nitrogen and oxygen atoms in total. The van der Waals surface area contributed by atoms with Crippen LogP contribution in [-0.4, -0.2) is 61.9 Å². The van der Waals surface area contributed by atoms with Gasteiger partial charge in [-0.25, -0.2) is 0 Å². The smallest absolute Gasteiger partial charge is 0.246 e. The van der Waals surface area contributed by atoms with Crippen LogP contribution in [0.2, 0.25) is 0 Å². The van der Waals surface area contributed by atoms with E-state index in [-0.39, 0.29) is 5.91 Å². The number of nitrogens with zero attached hydrogens (tertiary/aromatic N) is 5. The van der Waals surface area contributed by atoms with Gasteiger partial charge in [0.15, 0.2) is 0 Å². The second kappa shape index (κ2) is 9.72. The summed E-state index contributed by atoms with van der Waals surface area (Å²) in [5.41, 5.74) is 7.91. The van der Waals surface area contributed by atoms with Crippen molar-refractivity contribution in [3.05, 3.63) is 83.8 Å². The molecule has 7 heteroatoms. The fourth-order valence-electron chi connectivity index (χ4n) is 4.69. The summed E-state index contributed by atoms with van der Waals surface area (Å²) in [6, 6.07) is 13.2. The van der Waals surface area contributed by atoms with Gasteiger partial charge >= 0.3 is 0 Å². The minimum Gasteiger partial charge on any atom is -0.337 e. The fraction of sp³-hybridized carbons (Fsp3) is 0.250. The highest BCUT2D eigenvalue weighted by Gasteiger charge is 2.19. The van der Waals surface area contributed by atoms with E-state index in [9.17, 15) is 4.79 Å². The van der Waals surface area contributed by atoms with Gasteiger partial charge in [0.25, 0.3) is 0 Å². The van der Waals surface area contributed by atoms with Crippen molar-refractivity contribution in [2.45, 2.75) is 13.5 Å². The first kappa shape index (κ1) is 22.8. The molecule has 3 heterocycles. The molecule has 5 rings (SSSR count). The predicted octanol–water partition coefficient (Wildman–Crippen LogP) is 4.27. The Kier molecular flexibility index (Phi) is 6.33. The van der Waals surface area contributed by atoms with Gasteiger partial charge in [-0.15, -0.1) is 0 Å². The molecular formula is C28H30N6O. The van der Waals surface area contributed by atoms with Crippen LogP contribution in [0.3, 0.4) is 0 Å². The lowest BCUT2D eigenvalue weighted by molar-refractivity contribution is -0.127. The van der Waals surface area contributed by atoms with Crippen LogP contribution in [0.5, 0.6) is 0 Å². The van der Waals surface area contributed by atoms with Crippen molar-refractivity contribution >= 4 is 29.0 Å². The van der Waals surface area contributed by atoms with E-state index < -0.39 is 0 Å². The number of H-pyrrole nitrogens is 1. The van der Waals surface area contributed by atoms with Crippen molar-refractivity contribution in [2.75, 3.05) is 26.2 Å². The Morgan fingerprint density at radius 3 is 2.66 bits per heavy atom. The van der Waals surface area contributed by atoms with Gasteiger partial charge in [-0.1, -0.05) is 30.8 Å². The minimum absolute atomic E-state index is 0.0233. The number of hydrogen-bond acceptors (Lipinski definition) is 4. The molecular weight excluding hydrogens is 436 g/mol. The highest BCUT2D eigenvalue weighted by atomic mass is 16.2. The quantitative estimate of drug-likeness (QED) is 0.431. The highest BCUT2D eigenvalue weighted by molar-refractivity contribution is 5.92. The van der Waals surface area contributed by atoms with Gasteiger partial charge in [0.2, 0.25) is 5.91 Å². The molecule has 0 atom stereocenters. The van der Waals surface area contributed by atoms with Crippen molar-refractivity contribution in [1.29, 1.82) is 0 Å². The van der Waals surface area contributed by atoms with Crippen molar-refractivity contribution in [1.82, 2.24) is 29.8 Å². The predicted molar refractivity (Wildman–Crippen MR) is 140 cm³/mol. The van der Waals surface area contributed by atoms with Crippen molar-refractivity contribution in [2.24, 2.45) is 7.05 Å². The number of carbonyl (C=O) groups excluding carboxylic acids is 1. The third-order valence-electron chi connectivity index (χ3n) is 6.62. The number of amides is 1. The summed E-state index contributed by atoms with van der Waals surface area (Å²) >= 11 is 0. The maximum atomic E-state index is 11.8. The average Bonchev–Trinajstić information content (AvgIpc) is 3.48. The molecule has 2 aromatic carbocycles. The van der Waals surface area contributed by atoms with Crippen LogP contribution in [0.15, 0.2) is 61.4 Å². The van der Waals surface area contributed by atoms with E-state index in [4.69, 9.17) is 0 Å². The lowest BCUT2D eigenvalue weighted by Gasteiger charge is -2.34. The van der Waals surface area contributed by atoms with Gasteiger partial charge in [-0.3, -0.25) is 19.5 Å². The van der Waals surface area contributed by atoms with Gasteiger partial charge in [-0.05, 0) is 59.5 Å². The van der Waals surface area contributed by atoms with Crippen LogP contribution < -0.4 is 0 Å². The summed E-state index contributed by atoms with van der Waals surface area (Å²) in [5, 5.41) is 12.9. The van der Waals surface area contributed by atoms with Crippen LogP contribution in [0, 0.1) is 6.92 Å². The van der Waals surface area contributed by atoms with Crippen molar-refractivity contribution in [3.63, 3.8) is 0 Å². The molecule has 1 N–H and O–H groups in total. The van der Waals surface area contributed by atoms with E-state index in [1.54, 1.807) is 4.68 Å². The third kappa shape index (κ3) is 4.95. The van der Waals surface area contributed by atoms with Gasteiger partial charge in [0.05, 0.1) is 17.4 Å². The number of aromatic nitrogens is 4. The fourth-order valence-corrected chi connectivity index (χ4v) is 4.69. The summed E-state index contributed by atoms with van der Waals surface area (Å²) in [6.45, 7) is 9.92. The molecule has 0 radical (unpaired) electrons. The number of carbonyl (C=O) groups is 1. The second-order valence-electron chi connectivity index (χ2n) is 9.10. The second-order valence-corrected chi connectivity index (χ2v) is 9.10. The molecule has 35 heavy (non-hydrogen) atoms. The zero-order valence-electron chi connectivity index (χ0n) is 20.2. The Labute approximate surface area is 205 Å². The first-order valence-corrected chi connectivity index (χ1v) is 11.9. The molecule has 4 aromatic rings. The Morgan fingerprint density at radius 1 is 1.11 bits per heavy atom. The van der Waals surface area contributed by atoms with E-state index in [0.717, 1.165) is 54.9 Å². The molecule has 1 saturated heterocycles. The number of fused-ring (bicyclic) bond motifs is 1. The molecule has 0 aliphatic carbocycles. The van der Waals surface area contributed by atoms with E-state index >= 15 is 0 Å². The summed E-state index contributed by atoms with van der Waals surface area (Å²) in [4.78, 5) is 16.1. The zero-order valence-corrected chi connectivity index (χ0v) is 20.2. The normalized spacial score (nSPS) is 14.7. The maximum absolute atomic E-state index is 11.8. The number of aryl methyl sites for hydroxylation is 2. The first-order chi connectivity index (χ1) is 17.0. The van der Waals surface area contributed by atoms with Crippen LogP contribution in [0.25, 0.3) is 34.2 Å². The SMILES string of the molecule is C=CC(=O)N1CCN(Cc2ccc(-c3ccc4[nH]nc(/C=C/c5cnn(C)c5)c4c3)c(C)c2)CC1. The molecule has 0 bridgehead atoms. The lowest BCUT2D eigenvalue weighted by Crippen LogP contribution is -2.47. The van der Waals surface area contributed by atoms with Gasteiger partial charge in [-0.2, -0.15) is 10.2 Å². The van der Waals surface area contributed by atoms with E-state index in [2.05, 4.69) is 70.1 Å². The molecule has 0 spiro atoms. The summed E-state index contributed by atoms with van der Waals surface area (Å²) in [5.74, 6) is 0.0233. The number of hydrogen-bond donors (Lipinski definition) is 1. The van der Waals surface area contributed by atoms with Crippen LogP contribution in [0.1, 0.15) is 22.4 Å². The number of aromatic amines is 1. The molecule has 1 amide bonds. The zero-order chi connectivity index (χ0) is 24.4. The molecule has 1 aliphatic heterocycles. The Hall–Kier alpha value is -3.97. The average molecular weight is 467 g/mol. The molecule has 2 aromatic heterocycles. The number of benzene rings is 2. The maximum Gasteiger partial charge on any atom is 0.246 e. The van der Waals surface area contributed by atoms with E-state index in [1.165, 1.54) is 28.3 Å². The van der Waals surface area contributed by atoms with Gasteiger partial charge in [0, 0.05) is 56.9 Å². The number of nitrogens with one attached hydrogen (secondary N) is 1. The molecule has 0 saturated carbocycles.